The molecule has 3 nitrogen and oxygen atoms in total. The van der Waals surface area contributed by atoms with Gasteiger partial charge < -0.3 is 15.9 Å². The maximum Gasteiger partial charge on any atom is 0.0752 e. The third-order valence-electron chi connectivity index (χ3n) is 0.818. The molecule has 56 valence electrons. The number of aliphatic hydroxyl groups excluding tert-OH is 2. The molecule has 0 aromatic heterocycles. The predicted octanol–water partition coefficient (Wildman–Crippen LogP) is -0.968. The highest BCUT2D eigenvalue weighted by molar-refractivity contribution is 7.99. The lowest BCUT2D eigenvalue weighted by atomic mass is 10.4. The summed E-state index contributed by atoms with van der Waals surface area (Å²) in [6.07, 6.45) is -0.415. The highest BCUT2D eigenvalue weighted by Crippen LogP contribution is 1.99. The zero-order valence-electron chi connectivity index (χ0n) is 5.29. The number of hydrogen-bond donors (Lipinski definition) is 3. The molecular formula is C5H13NO2S. The van der Waals surface area contributed by atoms with E-state index in [-0.39, 0.29) is 6.61 Å². The van der Waals surface area contributed by atoms with Gasteiger partial charge in [-0.2, -0.15) is 11.8 Å². The van der Waals surface area contributed by atoms with E-state index in [2.05, 4.69) is 0 Å². The van der Waals surface area contributed by atoms with Crippen LogP contribution in [0.25, 0.3) is 0 Å². The second-order valence-electron chi connectivity index (χ2n) is 1.69. The summed E-state index contributed by atoms with van der Waals surface area (Å²) in [5, 5.41) is 17.2. The summed E-state index contributed by atoms with van der Waals surface area (Å²) in [6, 6.07) is 0. The third kappa shape index (κ3) is 6.11. The summed E-state index contributed by atoms with van der Waals surface area (Å²) >= 11 is 1.51. The van der Waals surface area contributed by atoms with Crippen LogP contribution in [0.4, 0.5) is 0 Å². The minimum Gasteiger partial charge on any atom is -0.396 e. The Morgan fingerprint density at radius 2 is 2.22 bits per heavy atom. The van der Waals surface area contributed by atoms with Crippen LogP contribution in [0.3, 0.4) is 0 Å². The van der Waals surface area contributed by atoms with Crippen molar-refractivity contribution in [1.82, 2.24) is 0 Å². The minimum absolute atomic E-state index is 0.169. The fourth-order valence-corrected chi connectivity index (χ4v) is 1.06. The van der Waals surface area contributed by atoms with E-state index in [1.807, 2.05) is 0 Å². The molecule has 1 unspecified atom stereocenters. The predicted molar refractivity (Wildman–Crippen MR) is 39.5 cm³/mol. The van der Waals surface area contributed by atoms with E-state index in [0.717, 1.165) is 0 Å². The summed E-state index contributed by atoms with van der Waals surface area (Å²) < 4.78 is 0. The molecule has 0 aromatic rings. The second-order valence-corrected chi connectivity index (χ2v) is 2.84. The van der Waals surface area contributed by atoms with E-state index >= 15 is 0 Å². The van der Waals surface area contributed by atoms with E-state index in [4.69, 9.17) is 15.9 Å². The Labute approximate surface area is 59.3 Å². The van der Waals surface area contributed by atoms with Crippen molar-refractivity contribution in [3.05, 3.63) is 0 Å². The van der Waals surface area contributed by atoms with E-state index in [9.17, 15) is 0 Å². The first kappa shape index (κ1) is 9.23. The Hall–Kier alpha value is 0.230. The van der Waals surface area contributed by atoms with Crippen LogP contribution in [0.2, 0.25) is 0 Å². The number of aliphatic hydroxyl groups is 2. The van der Waals surface area contributed by atoms with E-state index in [1.165, 1.54) is 11.8 Å². The third-order valence-corrected chi connectivity index (χ3v) is 1.91. The number of thioether (sulfide) groups is 1. The second kappa shape index (κ2) is 6.35. The molecule has 0 saturated carbocycles. The van der Waals surface area contributed by atoms with Gasteiger partial charge in [-0.05, 0) is 0 Å². The zero-order valence-corrected chi connectivity index (χ0v) is 6.10. The lowest BCUT2D eigenvalue weighted by Crippen LogP contribution is -2.22. The van der Waals surface area contributed by atoms with Crippen LogP contribution in [0, 0.1) is 0 Å². The first-order chi connectivity index (χ1) is 4.31. The normalized spacial score (nSPS) is 13.7. The van der Waals surface area contributed by atoms with Gasteiger partial charge >= 0.3 is 0 Å². The molecule has 0 aliphatic heterocycles. The highest BCUT2D eigenvalue weighted by atomic mass is 32.2. The molecule has 0 amide bonds. The smallest absolute Gasteiger partial charge is 0.0752 e. The van der Waals surface area contributed by atoms with Crippen LogP contribution in [0.1, 0.15) is 0 Å². The average molecular weight is 151 g/mol. The SMILES string of the molecule is NCC(O)CSCCO. The topological polar surface area (TPSA) is 66.5 Å². The molecule has 0 bridgehead atoms. The highest BCUT2D eigenvalue weighted by Gasteiger charge is 1.98. The first-order valence-corrected chi connectivity index (χ1v) is 4.03. The quantitative estimate of drug-likeness (QED) is 0.442. The number of rotatable bonds is 5. The van der Waals surface area contributed by atoms with Crippen molar-refractivity contribution in [2.75, 3.05) is 24.7 Å². The minimum atomic E-state index is -0.415. The molecule has 0 saturated heterocycles. The van der Waals surface area contributed by atoms with Crippen molar-refractivity contribution in [2.24, 2.45) is 5.73 Å². The van der Waals surface area contributed by atoms with Gasteiger partial charge in [-0.1, -0.05) is 0 Å². The lowest BCUT2D eigenvalue weighted by molar-refractivity contribution is 0.208. The molecule has 0 aromatic carbocycles. The summed E-state index contributed by atoms with van der Waals surface area (Å²) in [5.74, 6) is 1.30. The van der Waals surface area contributed by atoms with Gasteiger partial charge in [0.05, 0.1) is 12.7 Å². The van der Waals surface area contributed by atoms with Crippen molar-refractivity contribution in [3.63, 3.8) is 0 Å². The summed E-state index contributed by atoms with van der Waals surface area (Å²) in [6.45, 7) is 0.473. The Morgan fingerprint density at radius 1 is 1.56 bits per heavy atom. The average Bonchev–Trinajstić information content (AvgIpc) is 1.89. The van der Waals surface area contributed by atoms with Crippen LogP contribution in [0.5, 0.6) is 0 Å². The molecule has 0 aliphatic carbocycles. The zero-order chi connectivity index (χ0) is 7.11. The monoisotopic (exact) mass is 151 g/mol. The van der Waals surface area contributed by atoms with Crippen molar-refractivity contribution in [3.8, 4) is 0 Å². The van der Waals surface area contributed by atoms with Crippen LogP contribution in [-0.2, 0) is 0 Å². The molecule has 0 spiro atoms. The van der Waals surface area contributed by atoms with Gasteiger partial charge in [-0.25, -0.2) is 0 Å². The van der Waals surface area contributed by atoms with Gasteiger partial charge in [0.1, 0.15) is 0 Å². The Morgan fingerprint density at radius 3 is 2.67 bits per heavy atom. The first-order valence-electron chi connectivity index (χ1n) is 2.88. The van der Waals surface area contributed by atoms with Gasteiger partial charge in [-0.15, -0.1) is 0 Å². The van der Waals surface area contributed by atoms with E-state index in [0.29, 0.717) is 18.1 Å². The van der Waals surface area contributed by atoms with Gasteiger partial charge in [-0.3, -0.25) is 0 Å². The van der Waals surface area contributed by atoms with Crippen molar-refractivity contribution >= 4 is 11.8 Å². The Bertz CT molecular complexity index is 62.9. The maximum absolute atomic E-state index is 8.86. The molecule has 9 heavy (non-hydrogen) atoms. The maximum atomic E-state index is 8.86. The van der Waals surface area contributed by atoms with Crippen molar-refractivity contribution < 1.29 is 10.2 Å². The summed E-state index contributed by atoms with van der Waals surface area (Å²) in [7, 11) is 0. The molecule has 4 N–H and O–H groups in total. The molecule has 0 aliphatic rings. The molecule has 0 fully saturated rings. The van der Waals surface area contributed by atoms with E-state index in [1.54, 1.807) is 0 Å². The fraction of sp³-hybridized carbons (Fsp3) is 1.00. The Kier molecular flexibility index (Phi) is 6.51. The van der Waals surface area contributed by atoms with Gasteiger partial charge in [0.15, 0.2) is 0 Å². The van der Waals surface area contributed by atoms with Crippen LogP contribution in [-0.4, -0.2) is 41.0 Å². The van der Waals surface area contributed by atoms with Gasteiger partial charge in [0.25, 0.3) is 0 Å². The van der Waals surface area contributed by atoms with Crippen LogP contribution >= 0.6 is 11.8 Å². The molecule has 0 heterocycles. The lowest BCUT2D eigenvalue weighted by Gasteiger charge is -2.04. The summed E-state index contributed by atoms with van der Waals surface area (Å²) in [5.41, 5.74) is 5.13. The molecule has 4 heteroatoms. The van der Waals surface area contributed by atoms with Crippen molar-refractivity contribution in [2.45, 2.75) is 6.10 Å². The number of hydrogen-bond acceptors (Lipinski definition) is 4. The molecule has 0 radical (unpaired) electrons. The molecule has 1 atom stereocenters. The molecule has 0 rings (SSSR count). The summed E-state index contributed by atoms with van der Waals surface area (Å²) in [4.78, 5) is 0. The van der Waals surface area contributed by atoms with Gasteiger partial charge in [0, 0.05) is 18.1 Å². The standard InChI is InChI=1S/C5H13NO2S/c6-3-5(8)4-9-2-1-7/h5,7-8H,1-4,6H2. The van der Waals surface area contributed by atoms with Gasteiger partial charge in [0.2, 0.25) is 0 Å². The van der Waals surface area contributed by atoms with Crippen molar-refractivity contribution in [1.29, 1.82) is 0 Å². The Balaban J connectivity index is 2.88. The van der Waals surface area contributed by atoms with Crippen LogP contribution < -0.4 is 5.73 Å². The number of nitrogens with two attached hydrogens (primary N) is 1. The fourth-order valence-electron chi connectivity index (χ4n) is 0.352. The van der Waals surface area contributed by atoms with Crippen LogP contribution in [0.15, 0.2) is 0 Å². The van der Waals surface area contributed by atoms with E-state index < -0.39 is 6.10 Å². The molecular weight excluding hydrogens is 138 g/mol. The largest absolute Gasteiger partial charge is 0.396 e.